The minimum atomic E-state index is 0.895. The maximum Gasteiger partial charge on any atom is 0.180 e. The number of rotatable bonds is 1. The summed E-state index contributed by atoms with van der Waals surface area (Å²) in [5, 5.41) is 0. The molecule has 88 valence electrons. The minimum Gasteiger partial charge on any atom is -0.353 e. The normalized spacial score (nSPS) is 27.9. The van der Waals surface area contributed by atoms with Gasteiger partial charge in [-0.25, -0.2) is 9.97 Å². The van der Waals surface area contributed by atoms with Crippen molar-refractivity contribution in [3.8, 4) is 0 Å². The van der Waals surface area contributed by atoms with Crippen molar-refractivity contribution in [3.63, 3.8) is 0 Å². The fraction of sp³-hybridized carbons (Fsp3) is 0.538. The zero-order chi connectivity index (χ0) is 11.2. The Morgan fingerprint density at radius 1 is 1.00 bits per heavy atom. The summed E-state index contributed by atoms with van der Waals surface area (Å²) >= 11 is 0. The Bertz CT molecular complexity index is 535. The van der Waals surface area contributed by atoms with Crippen LogP contribution in [0.1, 0.15) is 19.3 Å². The van der Waals surface area contributed by atoms with Gasteiger partial charge in [0.1, 0.15) is 0 Å². The zero-order valence-corrected chi connectivity index (χ0v) is 9.79. The summed E-state index contributed by atoms with van der Waals surface area (Å²) in [5.74, 6) is 2.85. The predicted molar refractivity (Wildman–Crippen MR) is 66.0 cm³/mol. The molecule has 4 nitrogen and oxygen atoms in total. The van der Waals surface area contributed by atoms with Crippen LogP contribution in [-0.4, -0.2) is 27.5 Å². The van der Waals surface area contributed by atoms with E-state index >= 15 is 0 Å². The number of nitrogens with zero attached hydrogens (tertiary/aromatic N) is 4. The van der Waals surface area contributed by atoms with Gasteiger partial charge < -0.3 is 9.30 Å². The summed E-state index contributed by atoms with van der Waals surface area (Å²) in [5.41, 5.74) is 0.993. The number of fused-ring (bicyclic) bond motifs is 2. The smallest absolute Gasteiger partial charge is 0.180 e. The standard InChI is InChI=1S/C13H16N4/c1-2-10-8-17(9-11(10)3-1)13-12-14-4-6-16(12)7-5-15-13/h4-7,10-11H,1-3,8-9H2. The lowest BCUT2D eigenvalue weighted by Crippen LogP contribution is -2.22. The molecule has 2 atom stereocenters. The van der Waals surface area contributed by atoms with Gasteiger partial charge in [0.05, 0.1) is 0 Å². The quantitative estimate of drug-likeness (QED) is 0.748. The first-order valence-corrected chi connectivity index (χ1v) is 6.44. The van der Waals surface area contributed by atoms with Crippen molar-refractivity contribution in [2.24, 2.45) is 11.8 Å². The Labute approximate surface area is 100 Å². The lowest BCUT2D eigenvalue weighted by molar-refractivity contribution is 0.494. The summed E-state index contributed by atoms with van der Waals surface area (Å²) in [6, 6.07) is 0. The van der Waals surface area contributed by atoms with Crippen LogP contribution in [-0.2, 0) is 0 Å². The van der Waals surface area contributed by atoms with Crippen LogP contribution in [0.5, 0.6) is 0 Å². The molecular weight excluding hydrogens is 212 g/mol. The van der Waals surface area contributed by atoms with Gasteiger partial charge in [0, 0.05) is 37.9 Å². The van der Waals surface area contributed by atoms with Crippen LogP contribution in [0.4, 0.5) is 5.82 Å². The molecule has 2 aromatic heterocycles. The number of hydrogen-bond acceptors (Lipinski definition) is 3. The molecule has 0 aromatic carbocycles. The second-order valence-corrected chi connectivity index (χ2v) is 5.27. The van der Waals surface area contributed by atoms with Gasteiger partial charge in [-0.3, -0.25) is 0 Å². The van der Waals surface area contributed by atoms with E-state index in [0.29, 0.717) is 0 Å². The van der Waals surface area contributed by atoms with Gasteiger partial charge in [-0.15, -0.1) is 0 Å². The zero-order valence-electron chi connectivity index (χ0n) is 9.79. The first-order valence-electron chi connectivity index (χ1n) is 6.44. The highest BCUT2D eigenvalue weighted by molar-refractivity contribution is 5.64. The van der Waals surface area contributed by atoms with Crippen LogP contribution in [0, 0.1) is 11.8 Å². The monoisotopic (exact) mass is 228 g/mol. The molecule has 4 rings (SSSR count). The third kappa shape index (κ3) is 1.36. The molecule has 2 aromatic rings. The highest BCUT2D eigenvalue weighted by atomic mass is 15.2. The molecule has 3 heterocycles. The van der Waals surface area contributed by atoms with Gasteiger partial charge in [0.2, 0.25) is 0 Å². The van der Waals surface area contributed by atoms with Crippen LogP contribution in [0.25, 0.3) is 5.65 Å². The largest absolute Gasteiger partial charge is 0.353 e. The molecule has 1 saturated carbocycles. The van der Waals surface area contributed by atoms with Gasteiger partial charge >= 0.3 is 0 Å². The van der Waals surface area contributed by atoms with Gasteiger partial charge in [-0.05, 0) is 24.7 Å². The first kappa shape index (κ1) is 9.45. The van der Waals surface area contributed by atoms with Crippen molar-refractivity contribution < 1.29 is 0 Å². The van der Waals surface area contributed by atoms with E-state index in [1.807, 2.05) is 24.8 Å². The third-order valence-corrected chi connectivity index (χ3v) is 4.32. The van der Waals surface area contributed by atoms with E-state index in [1.54, 1.807) is 0 Å². The van der Waals surface area contributed by atoms with Gasteiger partial charge in [0.15, 0.2) is 11.5 Å². The van der Waals surface area contributed by atoms with Crippen molar-refractivity contribution in [3.05, 3.63) is 24.8 Å². The summed E-state index contributed by atoms with van der Waals surface area (Å²) < 4.78 is 2.05. The molecule has 0 N–H and O–H groups in total. The van der Waals surface area contributed by atoms with E-state index in [0.717, 1.165) is 23.3 Å². The molecule has 4 heteroatoms. The lowest BCUT2D eigenvalue weighted by Gasteiger charge is -2.18. The molecule has 0 bridgehead atoms. The Kier molecular flexibility index (Phi) is 1.92. The summed E-state index contributed by atoms with van der Waals surface area (Å²) in [4.78, 5) is 11.4. The van der Waals surface area contributed by atoms with E-state index in [1.165, 1.54) is 32.4 Å². The van der Waals surface area contributed by atoms with Gasteiger partial charge in [-0.2, -0.15) is 0 Å². The molecule has 2 aliphatic rings. The number of imidazole rings is 1. The molecule has 1 saturated heterocycles. The Balaban J connectivity index is 1.73. The van der Waals surface area contributed by atoms with Crippen LogP contribution < -0.4 is 4.90 Å². The number of aromatic nitrogens is 3. The van der Waals surface area contributed by atoms with Gasteiger partial charge in [-0.1, -0.05) is 6.42 Å². The van der Waals surface area contributed by atoms with E-state index in [2.05, 4.69) is 19.3 Å². The van der Waals surface area contributed by atoms with Crippen molar-refractivity contribution in [1.29, 1.82) is 0 Å². The maximum absolute atomic E-state index is 4.53. The van der Waals surface area contributed by atoms with Crippen LogP contribution in [0.2, 0.25) is 0 Å². The Hall–Kier alpha value is -1.58. The summed E-state index contributed by atoms with van der Waals surface area (Å²) in [7, 11) is 0. The van der Waals surface area contributed by atoms with Crippen LogP contribution >= 0.6 is 0 Å². The molecule has 17 heavy (non-hydrogen) atoms. The number of hydrogen-bond donors (Lipinski definition) is 0. The molecule has 0 spiro atoms. The predicted octanol–water partition coefficient (Wildman–Crippen LogP) is 1.97. The van der Waals surface area contributed by atoms with Gasteiger partial charge in [0.25, 0.3) is 0 Å². The Morgan fingerprint density at radius 2 is 1.71 bits per heavy atom. The van der Waals surface area contributed by atoms with Crippen molar-refractivity contribution in [1.82, 2.24) is 14.4 Å². The van der Waals surface area contributed by atoms with E-state index in [4.69, 9.17) is 0 Å². The molecule has 1 aliphatic heterocycles. The van der Waals surface area contributed by atoms with E-state index in [-0.39, 0.29) is 0 Å². The highest BCUT2D eigenvalue weighted by Crippen LogP contribution is 2.39. The molecule has 1 aliphatic carbocycles. The fourth-order valence-corrected chi connectivity index (χ4v) is 3.47. The molecule has 0 amide bonds. The van der Waals surface area contributed by atoms with Crippen molar-refractivity contribution in [2.75, 3.05) is 18.0 Å². The molecule has 2 fully saturated rings. The van der Waals surface area contributed by atoms with Crippen molar-refractivity contribution >= 4 is 11.5 Å². The minimum absolute atomic E-state index is 0.895. The lowest BCUT2D eigenvalue weighted by atomic mass is 10.0. The average Bonchev–Trinajstić information content (AvgIpc) is 3.02. The first-order chi connectivity index (χ1) is 8.42. The second-order valence-electron chi connectivity index (χ2n) is 5.27. The fourth-order valence-electron chi connectivity index (χ4n) is 3.47. The van der Waals surface area contributed by atoms with Crippen molar-refractivity contribution in [2.45, 2.75) is 19.3 Å². The van der Waals surface area contributed by atoms with E-state index < -0.39 is 0 Å². The summed E-state index contributed by atoms with van der Waals surface area (Å²) in [6.07, 6.45) is 11.9. The Morgan fingerprint density at radius 3 is 2.47 bits per heavy atom. The van der Waals surface area contributed by atoms with E-state index in [9.17, 15) is 0 Å². The highest BCUT2D eigenvalue weighted by Gasteiger charge is 2.37. The van der Waals surface area contributed by atoms with Crippen LogP contribution in [0.15, 0.2) is 24.8 Å². The summed E-state index contributed by atoms with van der Waals surface area (Å²) in [6.45, 7) is 2.34. The SMILES string of the molecule is c1cn2ccnc2c(N2CC3CCCC3C2)n1. The van der Waals surface area contributed by atoms with Crippen LogP contribution in [0.3, 0.4) is 0 Å². The molecular formula is C13H16N4. The maximum atomic E-state index is 4.53. The molecule has 2 unspecified atom stereocenters. The second kappa shape index (κ2) is 3.45. The number of anilines is 1. The molecule has 0 radical (unpaired) electrons. The third-order valence-electron chi connectivity index (χ3n) is 4.32. The topological polar surface area (TPSA) is 33.4 Å². The average molecular weight is 228 g/mol.